The number of rotatable bonds is 9. The van der Waals surface area contributed by atoms with E-state index in [1.165, 1.54) is 62.7 Å². The lowest BCUT2D eigenvalue weighted by atomic mass is 10.0. The molecule has 210 valence electrons. The molecule has 1 saturated carbocycles. The molecule has 1 aliphatic rings. The maximum Gasteiger partial charge on any atom is 0.333 e. The molecule has 0 unspecified atom stereocenters. The highest BCUT2D eigenvalue weighted by Gasteiger charge is 2.20. The van der Waals surface area contributed by atoms with Gasteiger partial charge in [-0.15, -0.1) is 11.3 Å². The summed E-state index contributed by atoms with van der Waals surface area (Å²) in [4.78, 5) is 29.7. The van der Waals surface area contributed by atoms with Crippen LogP contribution in [0.25, 0.3) is 16.6 Å². The molecule has 5 rings (SSSR count). The summed E-state index contributed by atoms with van der Waals surface area (Å²) >= 11 is 6.55. The fraction of sp³-hybridized carbons (Fsp3) is 0.296. The minimum Gasteiger partial charge on any atom is -0.385 e. The number of thiophene rings is 1. The van der Waals surface area contributed by atoms with Gasteiger partial charge >= 0.3 is 6.03 Å². The van der Waals surface area contributed by atoms with Crippen LogP contribution in [0.15, 0.2) is 63.9 Å². The summed E-state index contributed by atoms with van der Waals surface area (Å²) in [6.07, 6.45) is 8.90. The molecule has 1 fully saturated rings. The second-order valence-corrected chi connectivity index (χ2v) is 13.3. The Kier molecular flexibility index (Phi) is 8.38. The monoisotopic (exact) mass is 603 g/mol. The van der Waals surface area contributed by atoms with Crippen LogP contribution in [-0.2, 0) is 10.0 Å². The van der Waals surface area contributed by atoms with E-state index in [4.69, 9.17) is 11.6 Å². The second kappa shape index (κ2) is 11.9. The van der Waals surface area contributed by atoms with Gasteiger partial charge in [0.15, 0.2) is 0 Å². The predicted octanol–water partition coefficient (Wildman–Crippen LogP) is 6.13. The van der Waals surface area contributed by atoms with Crippen molar-refractivity contribution in [2.45, 2.75) is 42.7 Å². The number of hydrogen-bond donors (Lipinski definition) is 3. The first-order valence-corrected chi connectivity index (χ1v) is 15.5. The number of hydrogen-bond acceptors (Lipinski definition) is 7. The van der Waals surface area contributed by atoms with E-state index in [2.05, 4.69) is 15.6 Å². The maximum absolute atomic E-state index is 15.0. The van der Waals surface area contributed by atoms with Gasteiger partial charge in [0.05, 0.1) is 20.9 Å². The van der Waals surface area contributed by atoms with Crippen molar-refractivity contribution in [1.29, 1.82) is 0 Å². The highest BCUT2D eigenvalue weighted by Crippen LogP contribution is 2.29. The van der Waals surface area contributed by atoms with E-state index in [1.54, 1.807) is 12.1 Å². The number of sulfonamides is 1. The topological polar surface area (TPSA) is 122 Å². The minimum atomic E-state index is -4.14. The van der Waals surface area contributed by atoms with Gasteiger partial charge in [-0.05, 0) is 67.3 Å². The number of halogens is 2. The van der Waals surface area contributed by atoms with Crippen LogP contribution in [0.3, 0.4) is 0 Å². The van der Waals surface area contributed by atoms with Crippen molar-refractivity contribution in [3.8, 4) is 5.69 Å². The Hall–Kier alpha value is -3.48. The minimum absolute atomic E-state index is 0.0105. The van der Waals surface area contributed by atoms with Crippen molar-refractivity contribution in [1.82, 2.24) is 14.3 Å². The number of carbonyl (C=O) groups excluding carboxylic acids is 1. The lowest BCUT2D eigenvalue weighted by molar-refractivity contribution is 0.256. The van der Waals surface area contributed by atoms with Crippen molar-refractivity contribution < 1.29 is 17.6 Å². The Bertz CT molecular complexity index is 1720. The molecule has 9 nitrogen and oxygen atoms in total. The van der Waals surface area contributed by atoms with Crippen LogP contribution in [0.1, 0.15) is 38.5 Å². The van der Waals surface area contributed by atoms with E-state index in [0.29, 0.717) is 10.9 Å². The van der Waals surface area contributed by atoms with Crippen molar-refractivity contribution in [2.75, 3.05) is 17.2 Å². The largest absolute Gasteiger partial charge is 0.385 e. The highest BCUT2D eigenvalue weighted by atomic mass is 35.5. The number of fused-ring (bicyclic) bond motifs is 1. The van der Waals surface area contributed by atoms with Gasteiger partial charge in [0, 0.05) is 17.9 Å². The van der Waals surface area contributed by atoms with Crippen molar-refractivity contribution in [3.05, 3.63) is 75.4 Å². The summed E-state index contributed by atoms with van der Waals surface area (Å²) in [6.45, 7) is 0.844. The molecular formula is C27H27ClFN5O4S2. The average Bonchev–Trinajstić information content (AvgIpc) is 3.59. The molecule has 0 saturated heterocycles. The van der Waals surface area contributed by atoms with Gasteiger partial charge in [-0.3, -0.25) is 9.36 Å². The number of nitrogens with one attached hydrogen (secondary N) is 3. The summed E-state index contributed by atoms with van der Waals surface area (Å²) in [7, 11) is -4.14. The molecule has 2 aromatic heterocycles. The number of aromatic nitrogens is 2. The molecule has 3 N–H and O–H groups in total. The summed E-state index contributed by atoms with van der Waals surface area (Å²) < 4.78 is 42.6. The Morgan fingerprint density at radius 1 is 1.10 bits per heavy atom. The van der Waals surface area contributed by atoms with Gasteiger partial charge in [0.2, 0.25) is 0 Å². The van der Waals surface area contributed by atoms with Gasteiger partial charge in [-0.25, -0.2) is 27.3 Å². The molecular weight excluding hydrogens is 577 g/mol. The van der Waals surface area contributed by atoms with Crippen molar-refractivity contribution >= 4 is 61.3 Å². The molecule has 13 heteroatoms. The first-order chi connectivity index (χ1) is 19.2. The van der Waals surface area contributed by atoms with Crippen LogP contribution in [0, 0.1) is 11.7 Å². The van der Waals surface area contributed by atoms with Gasteiger partial charge in [-0.1, -0.05) is 37.3 Å². The Morgan fingerprint density at radius 3 is 2.60 bits per heavy atom. The van der Waals surface area contributed by atoms with Crippen LogP contribution < -0.4 is 20.9 Å². The number of amides is 2. The lowest BCUT2D eigenvalue weighted by Crippen LogP contribution is -2.34. The normalized spacial score (nSPS) is 13.9. The van der Waals surface area contributed by atoms with Crippen LogP contribution in [-0.4, -0.2) is 30.5 Å². The molecule has 40 heavy (non-hydrogen) atoms. The molecule has 2 aromatic carbocycles. The predicted molar refractivity (Wildman–Crippen MR) is 156 cm³/mol. The fourth-order valence-electron chi connectivity index (χ4n) is 4.88. The van der Waals surface area contributed by atoms with Gasteiger partial charge in [0.25, 0.3) is 15.6 Å². The van der Waals surface area contributed by atoms with Crippen LogP contribution in [0.5, 0.6) is 0 Å². The van der Waals surface area contributed by atoms with E-state index in [1.807, 2.05) is 10.8 Å². The van der Waals surface area contributed by atoms with E-state index in [0.717, 1.165) is 46.5 Å². The number of urea groups is 1. The molecule has 0 bridgehead atoms. The maximum atomic E-state index is 15.0. The molecule has 0 atom stereocenters. The molecule has 2 amide bonds. The Balaban J connectivity index is 1.25. The van der Waals surface area contributed by atoms with Crippen LogP contribution in [0.2, 0.25) is 4.34 Å². The molecule has 2 heterocycles. The summed E-state index contributed by atoms with van der Waals surface area (Å²) in [6, 6.07) is 10.5. The molecule has 0 radical (unpaired) electrons. The quantitative estimate of drug-likeness (QED) is 0.198. The second-order valence-electron chi connectivity index (χ2n) is 9.66. The summed E-state index contributed by atoms with van der Waals surface area (Å²) in [5.41, 5.74) is 0.832. The molecule has 1 aliphatic carbocycles. The standard InChI is InChI=1S/C27H27ClFN5O4S2/c28-24-11-12-25(39-24)40(37,38)33-27(36)32-19-8-10-23(21(29)14-19)34-16-31-22-15-18(7-9-20(22)26(34)35)30-13-3-6-17-4-1-2-5-17/h7-12,14-17,30H,1-6,13H2,(H2,32,33,36). The van der Waals surface area contributed by atoms with E-state index in [9.17, 15) is 18.0 Å². The zero-order valence-corrected chi connectivity index (χ0v) is 23.7. The highest BCUT2D eigenvalue weighted by molar-refractivity contribution is 7.92. The van der Waals surface area contributed by atoms with Gasteiger partial charge < -0.3 is 10.6 Å². The smallest absolute Gasteiger partial charge is 0.333 e. The number of carbonyl (C=O) groups is 1. The number of anilines is 2. The molecule has 0 aliphatic heterocycles. The molecule has 4 aromatic rings. The average molecular weight is 604 g/mol. The zero-order chi connectivity index (χ0) is 28.3. The first-order valence-electron chi connectivity index (χ1n) is 12.8. The van der Waals surface area contributed by atoms with Gasteiger partial charge in [0.1, 0.15) is 16.4 Å². The Morgan fingerprint density at radius 2 is 1.88 bits per heavy atom. The first kappa shape index (κ1) is 28.1. The Labute approximate surface area is 239 Å². The number of nitrogens with zero attached hydrogens (tertiary/aromatic N) is 2. The lowest BCUT2D eigenvalue weighted by Gasteiger charge is -2.12. The van der Waals surface area contributed by atoms with E-state index >= 15 is 4.39 Å². The van der Waals surface area contributed by atoms with Crippen molar-refractivity contribution in [2.24, 2.45) is 5.92 Å². The zero-order valence-electron chi connectivity index (χ0n) is 21.3. The summed E-state index contributed by atoms with van der Waals surface area (Å²) in [5, 5.41) is 6.00. The third-order valence-corrected chi connectivity index (χ3v) is 9.91. The van der Waals surface area contributed by atoms with E-state index < -0.39 is 27.4 Å². The van der Waals surface area contributed by atoms with Gasteiger partial charge in [-0.2, -0.15) is 0 Å². The molecule has 0 spiro atoms. The fourth-order valence-corrected chi connectivity index (χ4v) is 7.27. The third-order valence-electron chi connectivity index (χ3n) is 6.86. The SMILES string of the molecule is O=C(Nc1ccc(-n2cnc3cc(NCCCC4CCCC4)ccc3c2=O)c(F)c1)NS(=O)(=O)c1ccc(Cl)s1. The third kappa shape index (κ3) is 6.45. The van der Waals surface area contributed by atoms with E-state index in [-0.39, 0.29) is 19.9 Å². The number of benzene rings is 2. The van der Waals surface area contributed by atoms with Crippen LogP contribution >= 0.6 is 22.9 Å². The van der Waals surface area contributed by atoms with Crippen molar-refractivity contribution in [3.63, 3.8) is 0 Å². The van der Waals surface area contributed by atoms with Crippen LogP contribution in [0.4, 0.5) is 20.6 Å². The summed E-state index contributed by atoms with van der Waals surface area (Å²) in [5.74, 6) is 0.0306.